The second kappa shape index (κ2) is 9.23. The van der Waals surface area contributed by atoms with Gasteiger partial charge in [-0.15, -0.1) is 0 Å². The molecule has 34 heavy (non-hydrogen) atoms. The van der Waals surface area contributed by atoms with Crippen LogP contribution in [-0.4, -0.2) is 28.1 Å². The van der Waals surface area contributed by atoms with E-state index in [9.17, 15) is 22.4 Å². The highest BCUT2D eigenvalue weighted by Gasteiger charge is 2.30. The van der Waals surface area contributed by atoms with Crippen molar-refractivity contribution in [1.29, 1.82) is 0 Å². The second-order valence-corrected chi connectivity index (χ2v) is 7.43. The number of hydrogen-bond donors (Lipinski definition) is 2. The molecule has 0 saturated carbocycles. The normalized spacial score (nSPS) is 10.9. The van der Waals surface area contributed by atoms with Gasteiger partial charge in [0.15, 0.2) is 33.7 Å². The van der Waals surface area contributed by atoms with Gasteiger partial charge in [-0.25, -0.2) is 13.8 Å². The number of benzene rings is 2. The molecule has 2 N–H and O–H groups in total. The smallest absolute Gasteiger partial charge is 0.263 e. The van der Waals surface area contributed by atoms with E-state index in [0.29, 0.717) is 16.8 Å². The highest BCUT2D eigenvalue weighted by Crippen LogP contribution is 2.32. The number of nitrogens with zero attached hydrogens (tertiary/aromatic N) is 2. The van der Waals surface area contributed by atoms with Crippen LogP contribution in [0.1, 0.15) is 10.4 Å². The van der Waals surface area contributed by atoms with Gasteiger partial charge in [0.2, 0.25) is 17.5 Å². The van der Waals surface area contributed by atoms with Gasteiger partial charge in [0, 0.05) is 11.9 Å². The Morgan fingerprint density at radius 1 is 1.12 bits per heavy atom. The van der Waals surface area contributed by atoms with Crippen LogP contribution in [0.15, 0.2) is 40.9 Å². The zero-order valence-electron chi connectivity index (χ0n) is 16.9. The average molecular weight is 511 g/mol. The molecule has 4 aromatic rings. The van der Waals surface area contributed by atoms with Crippen molar-refractivity contribution in [3.8, 4) is 17.2 Å². The summed E-state index contributed by atoms with van der Waals surface area (Å²) >= 11 is 11.2. The molecule has 0 aliphatic rings. The molecule has 0 fully saturated rings. The summed E-state index contributed by atoms with van der Waals surface area (Å²) in [4.78, 5) is 20.6. The first-order chi connectivity index (χ1) is 16.2. The van der Waals surface area contributed by atoms with E-state index in [0.717, 1.165) is 7.11 Å². The van der Waals surface area contributed by atoms with E-state index in [1.165, 1.54) is 18.2 Å². The van der Waals surface area contributed by atoms with Crippen LogP contribution >= 0.6 is 23.8 Å². The van der Waals surface area contributed by atoms with Gasteiger partial charge < -0.3 is 14.5 Å². The number of rotatable bonds is 4. The summed E-state index contributed by atoms with van der Waals surface area (Å²) in [5.74, 6) is -10.3. The number of halogens is 5. The monoisotopic (exact) mass is 510 g/mol. The van der Waals surface area contributed by atoms with Crippen molar-refractivity contribution >= 4 is 51.8 Å². The first-order valence-corrected chi connectivity index (χ1v) is 10.0. The van der Waals surface area contributed by atoms with Crippen LogP contribution < -0.4 is 15.4 Å². The van der Waals surface area contributed by atoms with Crippen molar-refractivity contribution in [2.24, 2.45) is 0 Å². The molecule has 174 valence electrons. The highest BCUT2D eigenvalue weighted by atomic mass is 35.5. The first kappa shape index (κ1) is 23.4. The second-order valence-electron chi connectivity index (χ2n) is 6.61. The lowest BCUT2D eigenvalue weighted by Crippen LogP contribution is -2.35. The summed E-state index contributed by atoms with van der Waals surface area (Å²) in [6.07, 6.45) is 1.54. The number of aromatic nitrogens is 2. The van der Waals surface area contributed by atoms with Gasteiger partial charge in [-0.1, -0.05) is 11.6 Å². The fraction of sp³-hybridized carbons (Fsp3) is 0.0476. The minimum Gasteiger partial charge on any atom is -0.491 e. The number of thiocarbonyl (C=S) groups is 1. The van der Waals surface area contributed by atoms with Crippen LogP contribution in [-0.2, 0) is 0 Å². The van der Waals surface area contributed by atoms with Gasteiger partial charge in [-0.3, -0.25) is 10.1 Å². The maximum Gasteiger partial charge on any atom is 0.263 e. The fourth-order valence-corrected chi connectivity index (χ4v) is 3.38. The molecule has 2 heterocycles. The van der Waals surface area contributed by atoms with Crippen LogP contribution in [0.4, 0.5) is 23.2 Å². The molecule has 0 atom stereocenters. The van der Waals surface area contributed by atoms with Crippen LogP contribution in [0, 0.1) is 23.3 Å². The van der Waals surface area contributed by atoms with Gasteiger partial charge in [-0.05, 0) is 42.5 Å². The molecule has 4 rings (SSSR count). The summed E-state index contributed by atoms with van der Waals surface area (Å²) in [7, 11) is 0.816. The zero-order chi connectivity index (χ0) is 24.6. The molecular weight excluding hydrogens is 500 g/mol. The predicted molar refractivity (Wildman–Crippen MR) is 119 cm³/mol. The largest absolute Gasteiger partial charge is 0.491 e. The first-order valence-electron chi connectivity index (χ1n) is 9.25. The summed E-state index contributed by atoms with van der Waals surface area (Å²) in [5.41, 5.74) is -0.0747. The quantitative estimate of drug-likeness (QED) is 0.221. The third-order valence-electron chi connectivity index (χ3n) is 4.50. The number of amides is 1. The van der Waals surface area contributed by atoms with Crippen LogP contribution in [0.25, 0.3) is 22.7 Å². The summed E-state index contributed by atoms with van der Waals surface area (Å²) in [6, 6.07) is 7.80. The number of fused-ring (bicyclic) bond motifs is 1. The number of carbonyl (C=O) groups is 1. The van der Waals surface area contributed by atoms with E-state index in [1.807, 2.05) is 5.32 Å². The van der Waals surface area contributed by atoms with E-state index in [2.05, 4.69) is 20.0 Å². The standard InChI is InChI=1S/C21H11ClF4N4O3S/c1-32-17-15(25)13(23)12(14(24)16(17)26)19(31)30-21(34)28-8-4-5-10(22)9(7-8)20-29-18-11(33-20)3-2-6-27-18/h2-7H,1H3,(H2,28,30,31,34). The zero-order valence-corrected chi connectivity index (χ0v) is 18.5. The Hall–Kier alpha value is -3.77. The molecule has 0 aliphatic heterocycles. The molecule has 0 radical (unpaired) electrons. The molecular formula is C21H11ClF4N4O3S. The molecule has 2 aromatic carbocycles. The topological polar surface area (TPSA) is 89.3 Å². The number of nitrogens with one attached hydrogen (secondary N) is 2. The van der Waals surface area contributed by atoms with Crippen molar-refractivity contribution in [3.05, 3.63) is 70.4 Å². The van der Waals surface area contributed by atoms with Crippen molar-refractivity contribution in [1.82, 2.24) is 15.3 Å². The summed E-state index contributed by atoms with van der Waals surface area (Å²) < 4.78 is 66.1. The molecule has 0 bridgehead atoms. The molecule has 0 unspecified atom stereocenters. The molecule has 0 saturated heterocycles. The number of pyridine rings is 1. The van der Waals surface area contributed by atoms with Gasteiger partial charge >= 0.3 is 0 Å². The molecule has 2 aromatic heterocycles. The summed E-state index contributed by atoms with van der Waals surface area (Å²) in [6.45, 7) is 0. The number of hydrogen-bond acceptors (Lipinski definition) is 6. The van der Waals surface area contributed by atoms with Gasteiger partial charge in [0.25, 0.3) is 5.91 Å². The van der Waals surface area contributed by atoms with Crippen molar-refractivity contribution < 1.29 is 31.5 Å². The number of anilines is 1. The van der Waals surface area contributed by atoms with E-state index < -0.39 is 45.6 Å². The lowest BCUT2D eigenvalue weighted by atomic mass is 10.1. The van der Waals surface area contributed by atoms with Gasteiger partial charge in [0.05, 0.1) is 17.7 Å². The average Bonchev–Trinajstić information content (AvgIpc) is 3.23. The van der Waals surface area contributed by atoms with Crippen LogP contribution in [0.3, 0.4) is 0 Å². The van der Waals surface area contributed by atoms with Gasteiger partial charge in [-0.2, -0.15) is 13.8 Å². The van der Waals surface area contributed by atoms with Crippen molar-refractivity contribution in [2.75, 3.05) is 12.4 Å². The lowest BCUT2D eigenvalue weighted by molar-refractivity contribution is 0.0966. The number of methoxy groups -OCH3 is 1. The van der Waals surface area contributed by atoms with E-state index in [1.54, 1.807) is 18.3 Å². The van der Waals surface area contributed by atoms with E-state index >= 15 is 0 Å². The third kappa shape index (κ3) is 4.24. The molecule has 0 aliphatic carbocycles. The maximum absolute atomic E-state index is 14.2. The Morgan fingerprint density at radius 2 is 1.82 bits per heavy atom. The van der Waals surface area contributed by atoms with Gasteiger partial charge in [0.1, 0.15) is 5.56 Å². The predicted octanol–water partition coefficient (Wildman–Crippen LogP) is 5.24. The Morgan fingerprint density at radius 3 is 2.47 bits per heavy atom. The fourth-order valence-electron chi connectivity index (χ4n) is 2.97. The Labute approximate surface area is 198 Å². The Bertz CT molecular complexity index is 1400. The third-order valence-corrected chi connectivity index (χ3v) is 5.03. The number of ether oxygens (including phenoxy) is 1. The van der Waals surface area contributed by atoms with Crippen LogP contribution in [0.2, 0.25) is 5.02 Å². The Kier molecular flexibility index (Phi) is 6.35. The molecule has 0 spiro atoms. The molecule has 7 nitrogen and oxygen atoms in total. The Balaban J connectivity index is 1.56. The highest BCUT2D eigenvalue weighted by molar-refractivity contribution is 7.80. The summed E-state index contributed by atoms with van der Waals surface area (Å²) in [5, 5.41) is 4.42. The maximum atomic E-state index is 14.2. The number of carbonyl (C=O) groups excluding carboxylic acids is 1. The minimum atomic E-state index is -1.94. The van der Waals surface area contributed by atoms with Crippen molar-refractivity contribution in [2.45, 2.75) is 0 Å². The molecule has 1 amide bonds. The van der Waals surface area contributed by atoms with Crippen LogP contribution in [0.5, 0.6) is 5.75 Å². The van der Waals surface area contributed by atoms with E-state index in [-0.39, 0.29) is 16.6 Å². The van der Waals surface area contributed by atoms with E-state index in [4.69, 9.17) is 28.2 Å². The molecule has 13 heteroatoms. The minimum absolute atomic E-state index is 0.158. The SMILES string of the molecule is COc1c(F)c(F)c(C(=O)NC(=S)Nc2ccc(Cl)c(-c3nc4ncccc4o3)c2)c(F)c1F. The lowest BCUT2D eigenvalue weighted by Gasteiger charge is -2.13. The number of oxazole rings is 1. The van der Waals surface area contributed by atoms with Crippen molar-refractivity contribution in [3.63, 3.8) is 0 Å².